The lowest BCUT2D eigenvalue weighted by molar-refractivity contribution is 0.0602. The fraction of sp³-hybridized carbons (Fsp3) is 0.267. The lowest BCUT2D eigenvalue weighted by Crippen LogP contribution is -2.10. The van der Waals surface area contributed by atoms with Crippen molar-refractivity contribution in [1.82, 2.24) is 0 Å². The molecule has 0 radical (unpaired) electrons. The van der Waals surface area contributed by atoms with Crippen molar-refractivity contribution in [2.45, 2.75) is 19.9 Å². The Morgan fingerprint density at radius 1 is 1.48 bits per heavy atom. The number of nitrogen functional groups attached to an aromatic ring is 1. The van der Waals surface area contributed by atoms with E-state index in [9.17, 15) is 4.79 Å². The van der Waals surface area contributed by atoms with E-state index in [1.54, 1.807) is 23.5 Å². The molecule has 0 saturated carbocycles. The maximum atomic E-state index is 11.8. The molecule has 0 saturated heterocycles. The first-order valence-corrected chi connectivity index (χ1v) is 7.79. The van der Waals surface area contributed by atoms with Crippen LogP contribution in [-0.2, 0) is 17.7 Å². The van der Waals surface area contributed by atoms with E-state index >= 15 is 0 Å². The number of rotatable bonds is 5. The Morgan fingerprint density at radius 3 is 2.90 bits per heavy atom. The van der Waals surface area contributed by atoms with Gasteiger partial charge in [0.05, 0.1) is 23.4 Å². The van der Waals surface area contributed by atoms with Crippen LogP contribution in [0.2, 0.25) is 5.02 Å². The van der Waals surface area contributed by atoms with Crippen LogP contribution in [-0.4, -0.2) is 13.1 Å². The summed E-state index contributed by atoms with van der Waals surface area (Å²) in [4.78, 5) is 13.1. The van der Waals surface area contributed by atoms with Crippen molar-refractivity contribution in [2.75, 3.05) is 18.2 Å². The standard InChI is InChI=1S/C15H17ClN2O2S/c1-3-9-4-5-21-13(9)8-18-14-11(15(19)20-2)6-10(17)7-12(14)16/h4-7,18H,3,8,17H2,1-2H3. The molecule has 3 N–H and O–H groups in total. The third-order valence-corrected chi connectivity index (χ3v) is 4.42. The van der Waals surface area contributed by atoms with Gasteiger partial charge < -0.3 is 15.8 Å². The van der Waals surface area contributed by atoms with Gasteiger partial charge in [0.15, 0.2) is 0 Å². The molecule has 6 heteroatoms. The van der Waals surface area contributed by atoms with Gasteiger partial charge in [-0.25, -0.2) is 4.79 Å². The van der Waals surface area contributed by atoms with Crippen molar-refractivity contribution in [3.05, 3.63) is 44.6 Å². The van der Waals surface area contributed by atoms with E-state index in [0.29, 0.717) is 28.5 Å². The molecule has 0 atom stereocenters. The number of thiophene rings is 1. The van der Waals surface area contributed by atoms with E-state index in [0.717, 1.165) is 6.42 Å². The maximum absolute atomic E-state index is 11.8. The summed E-state index contributed by atoms with van der Waals surface area (Å²) in [5.41, 5.74) is 8.35. The largest absolute Gasteiger partial charge is 0.465 e. The Kier molecular flexibility index (Phi) is 5.09. The van der Waals surface area contributed by atoms with Gasteiger partial charge >= 0.3 is 5.97 Å². The van der Waals surface area contributed by atoms with Gasteiger partial charge in [-0.05, 0) is 35.6 Å². The molecule has 112 valence electrons. The molecular formula is C15H17ClN2O2S. The van der Waals surface area contributed by atoms with E-state index in [2.05, 4.69) is 23.7 Å². The Morgan fingerprint density at radius 2 is 2.24 bits per heavy atom. The van der Waals surface area contributed by atoms with Crippen molar-refractivity contribution < 1.29 is 9.53 Å². The predicted octanol–water partition coefficient (Wildman–Crippen LogP) is 3.94. The van der Waals surface area contributed by atoms with Gasteiger partial charge in [-0.15, -0.1) is 11.3 Å². The number of methoxy groups -OCH3 is 1. The molecule has 21 heavy (non-hydrogen) atoms. The second-order valence-corrected chi connectivity index (χ2v) is 5.90. The van der Waals surface area contributed by atoms with Crippen molar-refractivity contribution in [3.8, 4) is 0 Å². The van der Waals surface area contributed by atoms with Crippen LogP contribution in [0.3, 0.4) is 0 Å². The average Bonchev–Trinajstić information content (AvgIpc) is 2.92. The van der Waals surface area contributed by atoms with Crippen LogP contribution < -0.4 is 11.1 Å². The molecule has 0 aliphatic carbocycles. The number of carbonyl (C=O) groups excluding carboxylic acids is 1. The fourth-order valence-electron chi connectivity index (χ4n) is 2.08. The number of anilines is 2. The highest BCUT2D eigenvalue weighted by Crippen LogP contribution is 2.31. The van der Waals surface area contributed by atoms with Crippen LogP contribution in [0.15, 0.2) is 23.6 Å². The zero-order valence-corrected chi connectivity index (χ0v) is 13.5. The Balaban J connectivity index is 2.29. The SMILES string of the molecule is CCc1ccsc1CNc1c(Cl)cc(N)cc1C(=O)OC. The number of halogens is 1. The van der Waals surface area contributed by atoms with Crippen LogP contribution in [0.4, 0.5) is 11.4 Å². The highest BCUT2D eigenvalue weighted by atomic mass is 35.5. The van der Waals surface area contributed by atoms with Gasteiger partial charge in [-0.1, -0.05) is 18.5 Å². The molecule has 0 amide bonds. The smallest absolute Gasteiger partial charge is 0.340 e. The molecule has 1 aromatic carbocycles. The topological polar surface area (TPSA) is 64.3 Å². The molecule has 0 bridgehead atoms. The number of carbonyl (C=O) groups is 1. The normalized spacial score (nSPS) is 10.4. The number of hydrogen-bond donors (Lipinski definition) is 2. The highest BCUT2D eigenvalue weighted by molar-refractivity contribution is 7.10. The Hall–Kier alpha value is -1.72. The second kappa shape index (κ2) is 6.83. The Bertz CT molecular complexity index is 655. The van der Waals surface area contributed by atoms with Gasteiger partial charge in [-0.3, -0.25) is 0 Å². The summed E-state index contributed by atoms with van der Waals surface area (Å²) >= 11 is 7.88. The molecule has 2 aromatic rings. The van der Waals surface area contributed by atoms with E-state index in [-0.39, 0.29) is 0 Å². The molecular weight excluding hydrogens is 308 g/mol. The number of nitrogens with two attached hydrogens (primary N) is 1. The minimum absolute atomic E-state index is 0.345. The molecule has 0 aliphatic heterocycles. The van der Waals surface area contributed by atoms with E-state index in [1.807, 2.05) is 0 Å². The second-order valence-electron chi connectivity index (χ2n) is 4.49. The van der Waals surface area contributed by atoms with Crippen molar-refractivity contribution >= 4 is 40.3 Å². The summed E-state index contributed by atoms with van der Waals surface area (Å²) in [6.45, 7) is 2.72. The number of ether oxygens (including phenoxy) is 1. The number of hydrogen-bond acceptors (Lipinski definition) is 5. The van der Waals surface area contributed by atoms with E-state index < -0.39 is 5.97 Å². The summed E-state index contributed by atoms with van der Waals surface area (Å²) in [7, 11) is 1.33. The van der Waals surface area contributed by atoms with Crippen LogP contribution >= 0.6 is 22.9 Å². The monoisotopic (exact) mass is 324 g/mol. The molecule has 1 heterocycles. The van der Waals surface area contributed by atoms with Crippen molar-refractivity contribution in [1.29, 1.82) is 0 Å². The summed E-state index contributed by atoms with van der Waals surface area (Å²) in [6.07, 6.45) is 0.972. The van der Waals surface area contributed by atoms with Crippen LogP contribution in [0.1, 0.15) is 27.7 Å². The zero-order valence-electron chi connectivity index (χ0n) is 11.9. The van der Waals surface area contributed by atoms with Crippen molar-refractivity contribution in [3.63, 3.8) is 0 Å². The van der Waals surface area contributed by atoms with Crippen molar-refractivity contribution in [2.24, 2.45) is 0 Å². The van der Waals surface area contributed by atoms with E-state index in [4.69, 9.17) is 22.1 Å². The van der Waals surface area contributed by atoms with Crippen LogP contribution in [0.5, 0.6) is 0 Å². The molecule has 4 nitrogen and oxygen atoms in total. The average molecular weight is 325 g/mol. The summed E-state index contributed by atoms with van der Waals surface area (Å²) < 4.78 is 4.78. The number of nitrogens with one attached hydrogen (secondary N) is 1. The minimum Gasteiger partial charge on any atom is -0.465 e. The predicted molar refractivity (Wildman–Crippen MR) is 88.2 cm³/mol. The molecule has 0 spiro atoms. The van der Waals surface area contributed by atoms with Gasteiger partial charge in [0.25, 0.3) is 0 Å². The number of aryl methyl sites for hydroxylation is 1. The van der Waals surface area contributed by atoms with Crippen LogP contribution in [0.25, 0.3) is 0 Å². The molecule has 1 aromatic heterocycles. The van der Waals surface area contributed by atoms with Gasteiger partial charge in [-0.2, -0.15) is 0 Å². The molecule has 0 unspecified atom stereocenters. The first-order chi connectivity index (χ1) is 10.1. The zero-order chi connectivity index (χ0) is 15.4. The number of benzene rings is 1. The molecule has 0 fully saturated rings. The van der Waals surface area contributed by atoms with E-state index in [1.165, 1.54) is 17.6 Å². The first kappa shape index (κ1) is 15.7. The minimum atomic E-state index is -0.464. The third kappa shape index (κ3) is 3.49. The van der Waals surface area contributed by atoms with Gasteiger partial charge in [0.2, 0.25) is 0 Å². The Labute approximate surface area is 132 Å². The van der Waals surface area contributed by atoms with Gasteiger partial charge in [0, 0.05) is 17.1 Å². The number of esters is 1. The summed E-state index contributed by atoms with van der Waals surface area (Å²) in [6, 6.07) is 5.29. The lowest BCUT2D eigenvalue weighted by Gasteiger charge is -2.13. The van der Waals surface area contributed by atoms with Gasteiger partial charge in [0.1, 0.15) is 0 Å². The molecule has 0 aliphatic rings. The quantitative estimate of drug-likeness (QED) is 0.645. The van der Waals surface area contributed by atoms with Crippen LogP contribution in [0, 0.1) is 0 Å². The molecule has 2 rings (SSSR count). The lowest BCUT2D eigenvalue weighted by atomic mass is 10.1. The first-order valence-electron chi connectivity index (χ1n) is 6.53. The maximum Gasteiger partial charge on any atom is 0.340 e. The fourth-order valence-corrected chi connectivity index (χ4v) is 3.29. The highest BCUT2D eigenvalue weighted by Gasteiger charge is 2.16. The summed E-state index contributed by atoms with van der Waals surface area (Å²) in [5.74, 6) is -0.464. The third-order valence-electron chi connectivity index (χ3n) is 3.16. The summed E-state index contributed by atoms with van der Waals surface area (Å²) in [5, 5.41) is 5.69.